The van der Waals surface area contributed by atoms with Crippen LogP contribution in [0.25, 0.3) is 0 Å². The van der Waals surface area contributed by atoms with Crippen LogP contribution >= 0.6 is 24.0 Å². The molecule has 1 aromatic heterocycles. The third-order valence-electron chi connectivity index (χ3n) is 2.72. The lowest BCUT2D eigenvalue weighted by Crippen LogP contribution is -2.33. The highest BCUT2D eigenvalue weighted by Gasteiger charge is 2.34. The van der Waals surface area contributed by atoms with E-state index < -0.39 is 6.23 Å². The second kappa shape index (κ2) is 4.73. The minimum absolute atomic E-state index is 0.118. The highest BCUT2D eigenvalue weighted by atomic mass is 32.2. The Balaban J connectivity index is 2.02. The molecule has 1 fully saturated rings. The minimum Gasteiger partial charge on any atom is -0.372 e. The quantitative estimate of drug-likeness (QED) is 0.821. The Morgan fingerprint density at radius 2 is 2.38 bits per heavy atom. The summed E-state index contributed by atoms with van der Waals surface area (Å²) in [5, 5.41) is 14.3. The third kappa shape index (κ3) is 2.23. The lowest BCUT2D eigenvalue weighted by Gasteiger charge is -2.17. The molecular weight excluding hydrogens is 242 g/mol. The van der Waals surface area contributed by atoms with Gasteiger partial charge in [-0.15, -0.1) is 0 Å². The van der Waals surface area contributed by atoms with Crippen molar-refractivity contribution in [1.82, 2.24) is 14.7 Å². The van der Waals surface area contributed by atoms with Gasteiger partial charge in [-0.25, -0.2) is 0 Å². The van der Waals surface area contributed by atoms with Gasteiger partial charge >= 0.3 is 0 Å². The van der Waals surface area contributed by atoms with Crippen molar-refractivity contribution in [3.8, 4) is 0 Å². The Morgan fingerprint density at radius 3 is 2.88 bits per heavy atom. The van der Waals surface area contributed by atoms with Gasteiger partial charge in [0.25, 0.3) is 0 Å². The Hall–Kier alpha value is -0.590. The molecular formula is C10H15N3OS2. The highest BCUT2D eigenvalue weighted by Crippen LogP contribution is 2.31. The van der Waals surface area contributed by atoms with Gasteiger partial charge in [0.2, 0.25) is 0 Å². The molecule has 0 spiro atoms. The number of aliphatic hydroxyl groups excluding tert-OH is 1. The monoisotopic (exact) mass is 257 g/mol. The highest BCUT2D eigenvalue weighted by molar-refractivity contribution is 8.23. The third-order valence-corrected chi connectivity index (χ3v) is 4.50. The van der Waals surface area contributed by atoms with Crippen molar-refractivity contribution in [2.24, 2.45) is 0 Å². The van der Waals surface area contributed by atoms with Crippen LogP contribution in [0.3, 0.4) is 0 Å². The first-order chi connectivity index (χ1) is 7.61. The number of nitrogens with zero attached hydrogens (tertiary/aromatic N) is 3. The van der Waals surface area contributed by atoms with Gasteiger partial charge in [-0.05, 0) is 18.9 Å². The van der Waals surface area contributed by atoms with E-state index in [0.717, 1.165) is 22.8 Å². The van der Waals surface area contributed by atoms with E-state index in [4.69, 9.17) is 12.2 Å². The zero-order chi connectivity index (χ0) is 11.7. The van der Waals surface area contributed by atoms with Crippen LogP contribution in [0.15, 0.2) is 12.4 Å². The lowest BCUT2D eigenvalue weighted by molar-refractivity contribution is 0.0771. The fourth-order valence-electron chi connectivity index (χ4n) is 1.70. The van der Waals surface area contributed by atoms with E-state index in [1.807, 2.05) is 24.1 Å². The summed E-state index contributed by atoms with van der Waals surface area (Å²) in [6.07, 6.45) is 4.20. The molecule has 0 radical (unpaired) electrons. The van der Waals surface area contributed by atoms with Gasteiger partial charge in [0, 0.05) is 19.8 Å². The summed E-state index contributed by atoms with van der Waals surface area (Å²) in [7, 11) is 1.83. The average Bonchev–Trinajstić information content (AvgIpc) is 2.81. The average molecular weight is 257 g/mol. The Kier molecular flexibility index (Phi) is 3.51. The smallest absolute Gasteiger partial charge is 0.140 e. The van der Waals surface area contributed by atoms with Crippen LogP contribution in [-0.4, -0.2) is 42.6 Å². The molecule has 1 aromatic rings. The molecule has 2 heterocycles. The molecule has 0 amide bonds. The molecule has 6 heteroatoms. The molecule has 1 saturated heterocycles. The molecule has 0 unspecified atom stereocenters. The second-order valence-electron chi connectivity index (χ2n) is 3.86. The summed E-state index contributed by atoms with van der Waals surface area (Å²) in [4.78, 5) is 1.74. The van der Waals surface area contributed by atoms with Crippen molar-refractivity contribution >= 4 is 28.3 Å². The maximum Gasteiger partial charge on any atom is 0.140 e. The SMILES string of the molecule is CCn1cc(C[C@@H]2SC(=S)N(C)[C@H]2O)cn1. The molecule has 4 nitrogen and oxygen atoms in total. The number of hydrogen-bond acceptors (Lipinski definition) is 4. The molecule has 1 aliphatic rings. The van der Waals surface area contributed by atoms with Gasteiger partial charge < -0.3 is 10.0 Å². The standard InChI is InChI=1S/C10H15N3OS2/c1-3-13-6-7(5-11-13)4-8-9(14)12(2)10(15)16-8/h5-6,8-9,14H,3-4H2,1-2H3/t8-,9-/m0/s1. The molecule has 0 aliphatic carbocycles. The first-order valence-electron chi connectivity index (χ1n) is 5.24. The van der Waals surface area contributed by atoms with E-state index in [1.54, 1.807) is 16.7 Å². The van der Waals surface area contributed by atoms with Crippen LogP contribution in [-0.2, 0) is 13.0 Å². The summed E-state index contributed by atoms with van der Waals surface area (Å²) in [5.41, 5.74) is 1.15. The molecule has 16 heavy (non-hydrogen) atoms. The molecule has 0 aromatic carbocycles. The summed E-state index contributed by atoms with van der Waals surface area (Å²) in [6, 6.07) is 0. The number of aliphatic hydroxyl groups is 1. The van der Waals surface area contributed by atoms with Crippen molar-refractivity contribution in [1.29, 1.82) is 0 Å². The van der Waals surface area contributed by atoms with Gasteiger partial charge in [-0.1, -0.05) is 24.0 Å². The molecule has 0 bridgehead atoms. The van der Waals surface area contributed by atoms with E-state index in [9.17, 15) is 5.11 Å². The number of aryl methyl sites for hydroxylation is 1. The van der Waals surface area contributed by atoms with Crippen molar-refractivity contribution in [2.75, 3.05) is 7.05 Å². The maximum atomic E-state index is 9.94. The normalized spacial score (nSPS) is 25.4. The first kappa shape index (κ1) is 11.9. The maximum absolute atomic E-state index is 9.94. The second-order valence-corrected chi connectivity index (χ2v) is 5.73. The first-order valence-corrected chi connectivity index (χ1v) is 6.53. The number of thioether (sulfide) groups is 1. The number of aromatic nitrogens is 2. The fraction of sp³-hybridized carbons (Fsp3) is 0.600. The molecule has 1 N–H and O–H groups in total. The summed E-state index contributed by atoms with van der Waals surface area (Å²) < 4.78 is 2.66. The molecule has 2 rings (SSSR count). The molecule has 88 valence electrons. The van der Waals surface area contributed by atoms with Crippen LogP contribution in [0.1, 0.15) is 12.5 Å². The fourth-order valence-corrected chi connectivity index (χ4v) is 3.29. The van der Waals surface area contributed by atoms with E-state index in [-0.39, 0.29) is 5.25 Å². The Morgan fingerprint density at radius 1 is 1.62 bits per heavy atom. The van der Waals surface area contributed by atoms with Gasteiger partial charge in [0.15, 0.2) is 0 Å². The lowest BCUT2D eigenvalue weighted by atomic mass is 10.2. The molecule has 2 atom stereocenters. The zero-order valence-corrected chi connectivity index (χ0v) is 11.0. The summed E-state index contributed by atoms with van der Waals surface area (Å²) in [5.74, 6) is 0. The van der Waals surface area contributed by atoms with Crippen molar-refractivity contribution in [3.63, 3.8) is 0 Å². The van der Waals surface area contributed by atoms with Crippen LogP contribution in [0, 0.1) is 0 Å². The van der Waals surface area contributed by atoms with Crippen molar-refractivity contribution < 1.29 is 5.11 Å². The predicted octanol–water partition coefficient (Wildman–Crippen LogP) is 1.10. The minimum atomic E-state index is -0.484. The van der Waals surface area contributed by atoms with E-state index in [2.05, 4.69) is 12.0 Å². The van der Waals surface area contributed by atoms with Gasteiger partial charge in [0.05, 0.1) is 11.4 Å². The van der Waals surface area contributed by atoms with Crippen molar-refractivity contribution in [3.05, 3.63) is 18.0 Å². The number of thiocarbonyl (C=S) groups is 1. The number of hydrogen-bond donors (Lipinski definition) is 1. The summed E-state index contributed by atoms with van der Waals surface area (Å²) in [6.45, 7) is 2.93. The van der Waals surface area contributed by atoms with Crippen LogP contribution in [0.4, 0.5) is 0 Å². The van der Waals surface area contributed by atoms with Crippen LogP contribution < -0.4 is 0 Å². The Labute approximate surface area is 105 Å². The van der Waals surface area contributed by atoms with Gasteiger partial charge in [0.1, 0.15) is 10.5 Å². The predicted molar refractivity (Wildman–Crippen MR) is 69.4 cm³/mol. The molecule has 1 aliphatic heterocycles. The largest absolute Gasteiger partial charge is 0.372 e. The molecule has 0 saturated carbocycles. The van der Waals surface area contributed by atoms with Gasteiger partial charge in [-0.2, -0.15) is 5.10 Å². The van der Waals surface area contributed by atoms with E-state index in [0.29, 0.717) is 0 Å². The van der Waals surface area contributed by atoms with E-state index >= 15 is 0 Å². The Bertz CT molecular complexity index is 393. The van der Waals surface area contributed by atoms with Crippen LogP contribution in [0.5, 0.6) is 0 Å². The summed E-state index contributed by atoms with van der Waals surface area (Å²) >= 11 is 6.71. The van der Waals surface area contributed by atoms with Crippen LogP contribution in [0.2, 0.25) is 0 Å². The zero-order valence-electron chi connectivity index (χ0n) is 9.33. The van der Waals surface area contributed by atoms with Crippen molar-refractivity contribution in [2.45, 2.75) is 31.4 Å². The van der Waals surface area contributed by atoms with E-state index in [1.165, 1.54) is 0 Å². The van der Waals surface area contributed by atoms with Gasteiger partial charge in [-0.3, -0.25) is 4.68 Å². The number of rotatable bonds is 3. The topological polar surface area (TPSA) is 41.3 Å².